The molecule has 100 valence electrons. The molecule has 0 saturated carbocycles. The molecule has 0 aromatic carbocycles. The van der Waals surface area contributed by atoms with E-state index in [0.717, 1.165) is 10.2 Å². The maximum absolute atomic E-state index is 11.7. The second-order valence-corrected chi connectivity index (χ2v) is 6.02. The maximum atomic E-state index is 11.7. The van der Waals surface area contributed by atoms with Gasteiger partial charge in [-0.15, -0.1) is 0 Å². The zero-order valence-electron chi connectivity index (χ0n) is 10.2. The largest absolute Gasteiger partial charge is 0.422 e. The van der Waals surface area contributed by atoms with E-state index in [0.29, 0.717) is 10.5 Å². The molecule has 1 aromatic heterocycles. The van der Waals surface area contributed by atoms with Crippen LogP contribution in [0.3, 0.4) is 0 Å². The Morgan fingerprint density at radius 2 is 2.39 bits per heavy atom. The first-order valence-corrected chi connectivity index (χ1v) is 7.55. The van der Waals surface area contributed by atoms with E-state index >= 15 is 0 Å². The van der Waals surface area contributed by atoms with Crippen LogP contribution in [0.15, 0.2) is 11.1 Å². The fraction of sp³-hybridized carbons (Fsp3) is 0.625. The summed E-state index contributed by atoms with van der Waals surface area (Å²) in [7, 11) is 1.32. The third kappa shape index (κ3) is 2.24. The van der Waals surface area contributed by atoms with Crippen LogP contribution in [0.5, 0.6) is 0 Å². The summed E-state index contributed by atoms with van der Waals surface area (Å²) < 4.78 is 12.4. The zero-order chi connectivity index (χ0) is 13.3. The van der Waals surface area contributed by atoms with E-state index in [4.69, 9.17) is 14.9 Å². The molecule has 1 fully saturated rings. The van der Waals surface area contributed by atoms with Crippen molar-refractivity contribution in [3.63, 3.8) is 0 Å². The topological polar surface area (TPSA) is 112 Å². The molecule has 1 saturated heterocycles. The van der Waals surface area contributed by atoms with Crippen molar-refractivity contribution in [2.24, 2.45) is 0 Å². The molecule has 0 aliphatic carbocycles. The van der Waals surface area contributed by atoms with Crippen LogP contribution < -0.4 is 11.4 Å². The summed E-state index contributed by atoms with van der Waals surface area (Å²) in [5.41, 5.74) is 4.90. The molecule has 0 spiro atoms. The average molecular weight is 288 g/mol. The van der Waals surface area contributed by atoms with Crippen molar-refractivity contribution in [3.05, 3.63) is 16.8 Å². The summed E-state index contributed by atoms with van der Waals surface area (Å²) in [6.07, 6.45) is 0.271. The minimum absolute atomic E-state index is 0.0598. The van der Waals surface area contributed by atoms with Gasteiger partial charge in [0.1, 0.15) is 29.1 Å². The van der Waals surface area contributed by atoms with Gasteiger partial charge in [-0.3, -0.25) is 4.57 Å². The van der Waals surface area contributed by atoms with Gasteiger partial charge in [0.05, 0.1) is 12.7 Å². The molecule has 0 amide bonds. The molecule has 2 heterocycles. The highest BCUT2D eigenvalue weighted by Gasteiger charge is 2.42. The summed E-state index contributed by atoms with van der Waals surface area (Å²) in [4.78, 5) is 19.1. The van der Waals surface area contributed by atoms with Gasteiger partial charge in [-0.2, -0.15) is 4.98 Å². The summed E-state index contributed by atoms with van der Waals surface area (Å²) in [6, 6.07) is 0. The lowest BCUT2D eigenvalue weighted by Gasteiger charge is -2.19. The van der Waals surface area contributed by atoms with Crippen LogP contribution in [-0.4, -0.2) is 59.2 Å². The van der Waals surface area contributed by atoms with Gasteiger partial charge in [0.2, 0.25) is 5.95 Å². The van der Waals surface area contributed by atoms with Crippen LogP contribution in [0.4, 0.5) is 5.95 Å². The number of nitrogens with two attached hydrogens (primary N) is 1. The Morgan fingerprint density at radius 3 is 2.89 bits per heavy atom. The quantitative estimate of drug-likeness (QED) is 0.544. The van der Waals surface area contributed by atoms with Crippen LogP contribution in [-0.2, 0) is 9.16 Å². The standard InChI is InChI=1S/C8H16N4O4Si2/c9-7-10-2-12(8(14)11-7)6-5(17)4(16-18)3(1-13)15-6/h2-6,13H,1H2,17-18H3,(H2,9,11,14)/t3-,4+,5-,6-/m1/s1. The van der Waals surface area contributed by atoms with Crippen molar-refractivity contribution < 1.29 is 14.3 Å². The van der Waals surface area contributed by atoms with E-state index in [9.17, 15) is 9.90 Å². The Balaban J connectivity index is 2.32. The predicted molar refractivity (Wildman–Crippen MR) is 70.2 cm³/mol. The summed E-state index contributed by atoms with van der Waals surface area (Å²) in [5.74, 6) is -0.0615. The number of hydrogen-bond acceptors (Lipinski definition) is 7. The molecule has 0 unspecified atom stereocenters. The molecule has 0 bridgehead atoms. The Morgan fingerprint density at radius 1 is 1.67 bits per heavy atom. The second-order valence-electron chi connectivity index (χ2n) is 4.21. The number of ether oxygens (including phenoxy) is 1. The second kappa shape index (κ2) is 5.28. The summed E-state index contributed by atoms with van der Waals surface area (Å²) in [5, 5.41) is 9.25. The minimum Gasteiger partial charge on any atom is -0.422 e. The molecule has 1 aromatic rings. The maximum Gasteiger partial charge on any atom is 0.354 e. The SMILES string of the molecule is Nc1ncn([C@@H]2O[C@H](CO)[C@H](O[SiH3])[C@H]2[SiH3])c(=O)n1. The van der Waals surface area contributed by atoms with Crippen LogP contribution >= 0.6 is 0 Å². The average Bonchev–Trinajstić information content (AvgIpc) is 2.66. The van der Waals surface area contributed by atoms with Crippen LogP contribution in [0.1, 0.15) is 6.23 Å². The summed E-state index contributed by atoms with van der Waals surface area (Å²) in [6.45, 7) is -0.132. The van der Waals surface area contributed by atoms with Gasteiger partial charge in [-0.05, 0) is 0 Å². The molecule has 1 aliphatic heterocycles. The highest BCUT2D eigenvalue weighted by molar-refractivity contribution is 6.13. The fourth-order valence-electron chi connectivity index (χ4n) is 2.24. The van der Waals surface area contributed by atoms with Gasteiger partial charge in [0, 0.05) is 15.8 Å². The van der Waals surface area contributed by atoms with E-state index in [1.54, 1.807) is 0 Å². The third-order valence-corrected chi connectivity index (χ3v) is 4.89. The fourth-order valence-corrected chi connectivity index (χ4v) is 4.70. The third-order valence-electron chi connectivity index (χ3n) is 3.12. The van der Waals surface area contributed by atoms with Gasteiger partial charge < -0.3 is 20.0 Å². The van der Waals surface area contributed by atoms with E-state index < -0.39 is 18.0 Å². The molecule has 1 aliphatic rings. The Hall–Kier alpha value is -1.08. The number of nitrogen functional groups attached to an aromatic ring is 1. The van der Waals surface area contributed by atoms with Gasteiger partial charge in [0.15, 0.2) is 0 Å². The molecule has 2 rings (SSSR count). The van der Waals surface area contributed by atoms with Crippen molar-refractivity contribution in [2.45, 2.75) is 24.0 Å². The first-order chi connectivity index (χ1) is 8.58. The number of aliphatic hydroxyl groups excluding tert-OH is 1. The molecule has 3 N–H and O–H groups in total. The first-order valence-electron chi connectivity index (χ1n) is 5.58. The van der Waals surface area contributed by atoms with E-state index in [1.807, 2.05) is 0 Å². The van der Waals surface area contributed by atoms with Gasteiger partial charge in [0.25, 0.3) is 0 Å². The highest BCUT2D eigenvalue weighted by atomic mass is 28.2. The number of aliphatic hydroxyl groups is 1. The molecule has 8 nitrogen and oxygen atoms in total. The molecule has 0 radical (unpaired) electrons. The van der Waals surface area contributed by atoms with Crippen molar-refractivity contribution in [1.82, 2.24) is 14.5 Å². The lowest BCUT2D eigenvalue weighted by atomic mass is 10.2. The molecular formula is C8H16N4O4Si2. The number of aromatic nitrogens is 3. The lowest BCUT2D eigenvalue weighted by Crippen LogP contribution is -2.31. The predicted octanol–water partition coefficient (Wildman–Crippen LogP) is -4.07. The lowest BCUT2D eigenvalue weighted by molar-refractivity contribution is -0.0416. The highest BCUT2D eigenvalue weighted by Crippen LogP contribution is 2.37. The number of rotatable bonds is 3. The molecule has 10 heteroatoms. The Kier molecular flexibility index (Phi) is 3.92. The van der Waals surface area contributed by atoms with Crippen molar-refractivity contribution in [1.29, 1.82) is 0 Å². The van der Waals surface area contributed by atoms with E-state index in [1.165, 1.54) is 10.9 Å². The van der Waals surface area contributed by atoms with E-state index in [-0.39, 0.29) is 24.2 Å². The van der Waals surface area contributed by atoms with Crippen molar-refractivity contribution in [3.8, 4) is 0 Å². The Labute approximate surface area is 109 Å². The summed E-state index contributed by atoms with van der Waals surface area (Å²) >= 11 is 0. The number of anilines is 1. The molecule has 4 atom stereocenters. The van der Waals surface area contributed by atoms with Crippen LogP contribution in [0, 0.1) is 0 Å². The van der Waals surface area contributed by atoms with Crippen molar-refractivity contribution >= 4 is 26.7 Å². The zero-order valence-corrected chi connectivity index (χ0v) is 14.2. The normalized spacial score (nSPS) is 32.1. The monoisotopic (exact) mass is 288 g/mol. The van der Waals surface area contributed by atoms with Crippen molar-refractivity contribution in [2.75, 3.05) is 12.3 Å². The molecular weight excluding hydrogens is 272 g/mol. The number of hydrogen-bond donors (Lipinski definition) is 2. The smallest absolute Gasteiger partial charge is 0.354 e. The Bertz CT molecular complexity index is 484. The van der Waals surface area contributed by atoms with E-state index in [2.05, 4.69) is 9.97 Å². The van der Waals surface area contributed by atoms with Gasteiger partial charge in [-0.1, -0.05) is 0 Å². The minimum atomic E-state index is -0.501. The molecule has 18 heavy (non-hydrogen) atoms. The first kappa shape index (κ1) is 13.4. The van der Waals surface area contributed by atoms with Crippen LogP contribution in [0.25, 0.3) is 0 Å². The van der Waals surface area contributed by atoms with Crippen LogP contribution in [0.2, 0.25) is 5.54 Å². The van der Waals surface area contributed by atoms with Gasteiger partial charge in [-0.25, -0.2) is 9.78 Å². The van der Waals surface area contributed by atoms with Gasteiger partial charge >= 0.3 is 5.69 Å². The number of nitrogens with zero attached hydrogens (tertiary/aromatic N) is 3.